The van der Waals surface area contributed by atoms with E-state index in [1.165, 1.54) is 0 Å². The Hall–Kier alpha value is -3.42. The molecular weight excluding hydrogens is 336 g/mol. The van der Waals surface area contributed by atoms with Crippen LogP contribution < -0.4 is 14.9 Å². The Morgan fingerprint density at radius 2 is 1.54 bits per heavy atom. The number of carbonyl (C=O) groups excluding carboxylic acids is 1. The van der Waals surface area contributed by atoms with E-state index in [1.807, 2.05) is 0 Å². The van der Waals surface area contributed by atoms with E-state index in [0.29, 0.717) is 22.9 Å². The molecule has 0 aliphatic heterocycles. The van der Waals surface area contributed by atoms with E-state index in [1.54, 1.807) is 69.7 Å². The lowest BCUT2D eigenvalue weighted by Gasteiger charge is -2.04. The minimum atomic E-state index is -0.675. The number of nitrogens with one attached hydrogen (secondary N) is 1. The molecule has 0 saturated heterocycles. The minimum Gasteiger partial charge on any atom is -0.497 e. The van der Waals surface area contributed by atoms with Crippen LogP contribution in [0.4, 0.5) is 11.4 Å². The number of nitrogens with zero attached hydrogens (tertiary/aromatic N) is 3. The van der Waals surface area contributed by atoms with E-state index in [4.69, 9.17) is 14.2 Å². The van der Waals surface area contributed by atoms with Gasteiger partial charge in [-0.2, -0.15) is 0 Å². The van der Waals surface area contributed by atoms with Crippen LogP contribution in [0.1, 0.15) is 6.92 Å². The summed E-state index contributed by atoms with van der Waals surface area (Å²) >= 11 is 0. The molecule has 0 spiro atoms. The van der Waals surface area contributed by atoms with E-state index in [-0.39, 0.29) is 12.4 Å². The lowest BCUT2D eigenvalue weighted by Crippen LogP contribution is -2.16. The van der Waals surface area contributed by atoms with Crippen LogP contribution in [0.2, 0.25) is 0 Å². The molecule has 0 atom stereocenters. The summed E-state index contributed by atoms with van der Waals surface area (Å²) in [5.41, 5.74) is 3.96. The molecule has 8 nitrogen and oxygen atoms in total. The largest absolute Gasteiger partial charge is 0.497 e. The lowest BCUT2D eigenvalue weighted by atomic mass is 10.3. The van der Waals surface area contributed by atoms with Crippen molar-refractivity contribution < 1.29 is 19.0 Å². The molecule has 0 fully saturated rings. The molecule has 0 saturated carbocycles. The number of carbonyl (C=O) groups is 1. The second-order valence-electron chi connectivity index (χ2n) is 4.89. The van der Waals surface area contributed by atoms with E-state index in [0.717, 1.165) is 0 Å². The topological polar surface area (TPSA) is 93.9 Å². The smallest absolute Gasteiger partial charge is 0.380 e. The Kier molecular flexibility index (Phi) is 7.11. The first-order valence-electron chi connectivity index (χ1n) is 7.87. The number of ether oxygens (including phenoxy) is 3. The molecule has 0 radical (unpaired) electrons. The van der Waals surface area contributed by atoms with Crippen molar-refractivity contribution in [1.82, 2.24) is 0 Å². The summed E-state index contributed by atoms with van der Waals surface area (Å²) in [5.74, 6) is 0.540. The summed E-state index contributed by atoms with van der Waals surface area (Å²) in [6, 6.07) is 13.9. The lowest BCUT2D eigenvalue weighted by molar-refractivity contribution is -0.135. The van der Waals surface area contributed by atoms with Crippen LogP contribution in [0.25, 0.3) is 0 Å². The van der Waals surface area contributed by atoms with Gasteiger partial charge in [-0.05, 0) is 55.5 Å². The van der Waals surface area contributed by atoms with E-state index in [2.05, 4.69) is 20.8 Å². The predicted octanol–water partition coefficient (Wildman–Crippen LogP) is 3.78. The number of esters is 1. The summed E-state index contributed by atoms with van der Waals surface area (Å²) in [6.07, 6.45) is 0. The van der Waals surface area contributed by atoms with Crippen LogP contribution in [0.3, 0.4) is 0 Å². The van der Waals surface area contributed by atoms with Crippen LogP contribution in [-0.4, -0.2) is 32.6 Å². The van der Waals surface area contributed by atoms with Gasteiger partial charge in [0, 0.05) is 0 Å². The van der Waals surface area contributed by atoms with Crippen molar-refractivity contribution in [3.8, 4) is 11.5 Å². The fourth-order valence-corrected chi connectivity index (χ4v) is 1.84. The van der Waals surface area contributed by atoms with Gasteiger partial charge in [-0.1, -0.05) is 0 Å². The summed E-state index contributed by atoms with van der Waals surface area (Å²) in [6.45, 7) is 1.91. The van der Waals surface area contributed by atoms with E-state index >= 15 is 0 Å². The average molecular weight is 356 g/mol. The minimum absolute atomic E-state index is 0.196. The van der Waals surface area contributed by atoms with Gasteiger partial charge < -0.3 is 14.2 Å². The number of hydrogen-bond donors (Lipinski definition) is 1. The van der Waals surface area contributed by atoms with Crippen molar-refractivity contribution in [2.75, 3.05) is 26.3 Å². The molecule has 2 aromatic rings. The van der Waals surface area contributed by atoms with Crippen molar-refractivity contribution in [2.45, 2.75) is 6.92 Å². The summed E-state index contributed by atoms with van der Waals surface area (Å²) in [5, 5.41) is 11.9. The molecule has 136 valence electrons. The van der Waals surface area contributed by atoms with Gasteiger partial charge in [-0.3, -0.25) is 5.43 Å². The maximum Gasteiger partial charge on any atom is 0.380 e. The third-order valence-corrected chi connectivity index (χ3v) is 3.17. The number of hydrazone groups is 1. The highest BCUT2D eigenvalue weighted by Crippen LogP contribution is 2.18. The second-order valence-corrected chi connectivity index (χ2v) is 4.89. The number of hydrogen-bond acceptors (Lipinski definition) is 7. The molecule has 0 unspecified atom stereocenters. The molecule has 0 aliphatic carbocycles. The fourth-order valence-electron chi connectivity index (χ4n) is 1.84. The van der Waals surface area contributed by atoms with Gasteiger partial charge in [0.15, 0.2) is 0 Å². The highest BCUT2D eigenvalue weighted by Gasteiger charge is 2.12. The van der Waals surface area contributed by atoms with Crippen molar-refractivity contribution in [2.24, 2.45) is 15.3 Å². The van der Waals surface area contributed by atoms with Crippen LogP contribution in [0, 0.1) is 0 Å². The van der Waals surface area contributed by atoms with Crippen molar-refractivity contribution in [3.05, 3.63) is 48.5 Å². The Morgan fingerprint density at radius 3 is 2.08 bits per heavy atom. The van der Waals surface area contributed by atoms with Gasteiger partial charge in [0.05, 0.1) is 32.2 Å². The Balaban J connectivity index is 2.15. The zero-order chi connectivity index (χ0) is 18.8. The molecule has 0 aromatic heterocycles. The average Bonchev–Trinajstić information content (AvgIpc) is 2.69. The molecule has 1 N–H and O–H groups in total. The Labute approximate surface area is 151 Å². The number of azo groups is 1. The van der Waals surface area contributed by atoms with Gasteiger partial charge >= 0.3 is 5.97 Å². The molecule has 26 heavy (non-hydrogen) atoms. The van der Waals surface area contributed by atoms with Gasteiger partial charge in [-0.25, -0.2) is 4.79 Å². The SMILES string of the molecule is CCOC(=O)/C(N=Nc1ccc(OC)cc1)=N\Nc1ccc(OC)cc1. The molecule has 8 heteroatoms. The van der Waals surface area contributed by atoms with Crippen molar-refractivity contribution in [3.63, 3.8) is 0 Å². The summed E-state index contributed by atoms with van der Waals surface area (Å²) in [7, 11) is 3.16. The van der Waals surface area contributed by atoms with Crippen LogP contribution in [0.15, 0.2) is 63.9 Å². The third-order valence-electron chi connectivity index (χ3n) is 3.17. The fraction of sp³-hybridized carbons (Fsp3) is 0.222. The number of anilines is 1. The highest BCUT2D eigenvalue weighted by atomic mass is 16.5. The number of methoxy groups -OCH3 is 2. The molecule has 0 bridgehead atoms. The Bertz CT molecular complexity index is 771. The van der Waals surface area contributed by atoms with Crippen molar-refractivity contribution in [1.29, 1.82) is 0 Å². The molecule has 2 aromatic carbocycles. The maximum absolute atomic E-state index is 12.0. The van der Waals surface area contributed by atoms with E-state index < -0.39 is 5.97 Å². The van der Waals surface area contributed by atoms with E-state index in [9.17, 15) is 4.79 Å². The number of benzene rings is 2. The molecular formula is C18H20N4O4. The zero-order valence-corrected chi connectivity index (χ0v) is 14.8. The normalized spacial score (nSPS) is 11.3. The zero-order valence-electron chi connectivity index (χ0n) is 14.8. The van der Waals surface area contributed by atoms with Gasteiger partial charge in [-0.15, -0.1) is 15.3 Å². The molecule has 0 heterocycles. The first kappa shape index (κ1) is 18.9. The van der Waals surface area contributed by atoms with Crippen LogP contribution >= 0.6 is 0 Å². The molecule has 0 aliphatic rings. The first-order chi connectivity index (χ1) is 12.7. The molecule has 2 rings (SSSR count). The van der Waals surface area contributed by atoms with Gasteiger partial charge in [0.2, 0.25) is 0 Å². The second kappa shape index (κ2) is 9.77. The van der Waals surface area contributed by atoms with Gasteiger partial charge in [0.1, 0.15) is 11.5 Å². The Morgan fingerprint density at radius 1 is 0.962 bits per heavy atom. The molecule has 0 amide bonds. The number of amidine groups is 1. The first-order valence-corrected chi connectivity index (χ1v) is 7.87. The summed E-state index contributed by atoms with van der Waals surface area (Å²) in [4.78, 5) is 12.0. The maximum atomic E-state index is 12.0. The number of rotatable bonds is 6. The quantitative estimate of drug-likeness (QED) is 0.279. The van der Waals surface area contributed by atoms with Crippen LogP contribution in [-0.2, 0) is 9.53 Å². The van der Waals surface area contributed by atoms with Crippen molar-refractivity contribution >= 4 is 23.2 Å². The monoisotopic (exact) mass is 356 g/mol. The standard InChI is InChI=1S/C18H20N4O4/c1-4-26-18(23)17(21-19-13-5-9-15(24-2)10-6-13)22-20-14-7-11-16(25-3)12-8-14/h5-12,19H,4H2,1-3H3/b21-17+,22-20?. The predicted molar refractivity (Wildman–Crippen MR) is 98.2 cm³/mol. The van der Waals surface area contributed by atoms with Gasteiger partial charge in [0.25, 0.3) is 5.84 Å². The summed E-state index contributed by atoms with van der Waals surface area (Å²) < 4.78 is 15.1. The third kappa shape index (κ3) is 5.59. The van der Waals surface area contributed by atoms with Crippen LogP contribution in [0.5, 0.6) is 11.5 Å². The highest BCUT2D eigenvalue weighted by molar-refractivity contribution is 6.35.